The molecule has 0 bridgehead atoms. The van der Waals surface area contributed by atoms with E-state index in [2.05, 4.69) is 9.97 Å². The summed E-state index contributed by atoms with van der Waals surface area (Å²) in [5, 5.41) is 7.04. The van der Waals surface area contributed by atoms with E-state index in [0.717, 1.165) is 23.2 Å². The summed E-state index contributed by atoms with van der Waals surface area (Å²) in [4.78, 5) is 6.93. The lowest BCUT2D eigenvalue weighted by Gasteiger charge is -2.09. The van der Waals surface area contributed by atoms with E-state index < -0.39 is 0 Å². The Bertz CT molecular complexity index is 838. The minimum atomic E-state index is 0.437. The van der Waals surface area contributed by atoms with Crippen LogP contribution in [0.25, 0.3) is 5.70 Å². The minimum Gasteiger partial charge on any atom is -0.487 e. The van der Waals surface area contributed by atoms with Gasteiger partial charge in [0.2, 0.25) is 0 Å². The number of benzene rings is 2. The van der Waals surface area contributed by atoms with Crippen LogP contribution in [0.3, 0.4) is 0 Å². The van der Waals surface area contributed by atoms with Gasteiger partial charge >= 0.3 is 0 Å². The van der Waals surface area contributed by atoms with Gasteiger partial charge in [-0.15, -0.1) is 0 Å². The highest BCUT2D eigenvalue weighted by atomic mass is 16.5. The number of rotatable bonds is 7. The summed E-state index contributed by atoms with van der Waals surface area (Å²) < 4.78 is 11.5. The second-order valence-electron chi connectivity index (χ2n) is 5.25. The first-order valence-corrected chi connectivity index (χ1v) is 7.69. The zero-order valence-electron chi connectivity index (χ0n) is 13.5. The number of nitrogens with one attached hydrogen (secondary N) is 2. The van der Waals surface area contributed by atoms with Gasteiger partial charge in [0.25, 0.3) is 0 Å². The van der Waals surface area contributed by atoms with Crippen LogP contribution in [-0.2, 0) is 6.61 Å². The Morgan fingerprint density at radius 3 is 2.28 bits per heavy atom. The largest absolute Gasteiger partial charge is 0.487 e. The van der Waals surface area contributed by atoms with Gasteiger partial charge < -0.3 is 25.6 Å². The van der Waals surface area contributed by atoms with Gasteiger partial charge in [0.05, 0.1) is 18.2 Å². The van der Waals surface area contributed by atoms with Crippen LogP contribution in [0.2, 0.25) is 0 Å². The fourth-order valence-corrected chi connectivity index (χ4v) is 2.17. The van der Waals surface area contributed by atoms with Crippen molar-refractivity contribution in [3.8, 4) is 17.2 Å². The number of allylic oxidation sites excluding steroid dienone is 1. The molecule has 0 atom stereocenters. The summed E-state index contributed by atoms with van der Waals surface area (Å²) >= 11 is 0. The molecule has 3 rings (SSSR count). The van der Waals surface area contributed by atoms with E-state index in [4.69, 9.17) is 20.6 Å². The van der Waals surface area contributed by atoms with E-state index in [1.807, 2.05) is 48.5 Å². The third-order valence-electron chi connectivity index (χ3n) is 3.46. The lowest BCUT2D eigenvalue weighted by molar-refractivity contribution is 0.301. The maximum absolute atomic E-state index is 7.04. The van der Waals surface area contributed by atoms with Crippen molar-refractivity contribution in [1.82, 2.24) is 9.97 Å². The van der Waals surface area contributed by atoms with E-state index in [1.54, 1.807) is 12.5 Å². The molecule has 0 saturated heterocycles. The molecule has 0 aliphatic heterocycles. The van der Waals surface area contributed by atoms with Gasteiger partial charge in [-0.1, -0.05) is 0 Å². The number of imidazole rings is 1. The van der Waals surface area contributed by atoms with Crippen LogP contribution >= 0.6 is 0 Å². The molecule has 0 aliphatic rings. The zero-order chi connectivity index (χ0) is 17.5. The van der Waals surface area contributed by atoms with Gasteiger partial charge in [0.15, 0.2) is 0 Å². The molecule has 0 unspecified atom stereocenters. The van der Waals surface area contributed by atoms with Gasteiger partial charge in [-0.25, -0.2) is 4.98 Å². The topological polar surface area (TPSA) is 97.0 Å². The van der Waals surface area contributed by atoms with Crippen molar-refractivity contribution in [3.05, 3.63) is 78.4 Å². The average Bonchev–Trinajstić information content (AvgIpc) is 3.15. The molecule has 0 saturated carbocycles. The summed E-state index contributed by atoms with van der Waals surface area (Å²) in [6.07, 6.45) is 6.05. The number of ether oxygens (including phenoxy) is 2. The molecule has 6 nitrogen and oxygen atoms in total. The Hall–Kier alpha value is -3.54. The van der Waals surface area contributed by atoms with Crippen LogP contribution in [0.1, 0.15) is 11.3 Å². The molecule has 1 heterocycles. The second-order valence-corrected chi connectivity index (χ2v) is 5.25. The monoisotopic (exact) mass is 334 g/mol. The van der Waals surface area contributed by atoms with Crippen molar-refractivity contribution in [2.24, 2.45) is 5.73 Å². The lowest BCUT2D eigenvalue weighted by atomic mass is 10.1. The molecule has 0 radical (unpaired) electrons. The van der Waals surface area contributed by atoms with Crippen LogP contribution in [-0.4, -0.2) is 16.2 Å². The molecule has 0 amide bonds. The third kappa shape index (κ3) is 4.48. The van der Waals surface area contributed by atoms with Gasteiger partial charge in [-0.3, -0.25) is 0 Å². The molecule has 2 aromatic carbocycles. The van der Waals surface area contributed by atoms with Gasteiger partial charge in [-0.05, 0) is 60.2 Å². The summed E-state index contributed by atoms with van der Waals surface area (Å²) in [6.45, 7) is 0.437. The number of hydrogen-bond acceptors (Lipinski definition) is 5. The van der Waals surface area contributed by atoms with Crippen molar-refractivity contribution in [2.75, 3.05) is 0 Å². The van der Waals surface area contributed by atoms with Gasteiger partial charge in [0.1, 0.15) is 23.9 Å². The van der Waals surface area contributed by atoms with Crippen LogP contribution in [0, 0.1) is 5.41 Å². The fourth-order valence-electron chi connectivity index (χ4n) is 2.17. The summed E-state index contributed by atoms with van der Waals surface area (Å²) in [7, 11) is 0. The maximum atomic E-state index is 7.04. The average molecular weight is 334 g/mol. The molecule has 0 spiro atoms. The number of aromatic amines is 1. The first kappa shape index (κ1) is 16.3. The number of nitrogens with zero attached hydrogens (tertiary/aromatic N) is 1. The third-order valence-corrected chi connectivity index (χ3v) is 3.46. The Morgan fingerprint density at radius 2 is 1.68 bits per heavy atom. The van der Waals surface area contributed by atoms with E-state index in [-0.39, 0.29) is 0 Å². The number of H-pyrrole nitrogens is 1. The van der Waals surface area contributed by atoms with Crippen LogP contribution in [0.4, 0.5) is 0 Å². The number of hydrogen-bond donors (Lipinski definition) is 3. The predicted molar refractivity (Wildman–Crippen MR) is 96.8 cm³/mol. The van der Waals surface area contributed by atoms with Crippen molar-refractivity contribution < 1.29 is 9.47 Å². The van der Waals surface area contributed by atoms with E-state index >= 15 is 0 Å². The Balaban J connectivity index is 1.59. The summed E-state index contributed by atoms with van der Waals surface area (Å²) in [6, 6.07) is 14.8. The van der Waals surface area contributed by atoms with Crippen LogP contribution in [0.15, 0.2) is 67.1 Å². The SMILES string of the molecule is N=C/C=C(\N)c1ccc(Oc2ccc(OCc3cnc[nH]3)cc2)cc1. The van der Waals surface area contributed by atoms with E-state index in [9.17, 15) is 0 Å². The lowest BCUT2D eigenvalue weighted by Crippen LogP contribution is -1.96. The van der Waals surface area contributed by atoms with Crippen LogP contribution < -0.4 is 15.2 Å². The molecule has 126 valence electrons. The molecular weight excluding hydrogens is 316 g/mol. The Kier molecular flexibility index (Phi) is 5.11. The maximum Gasteiger partial charge on any atom is 0.130 e. The van der Waals surface area contributed by atoms with Crippen molar-refractivity contribution >= 4 is 11.9 Å². The normalized spacial score (nSPS) is 11.1. The Morgan fingerprint density at radius 1 is 1.04 bits per heavy atom. The summed E-state index contributed by atoms with van der Waals surface area (Å²) in [5.41, 5.74) is 8.14. The highest BCUT2D eigenvalue weighted by Gasteiger charge is 2.01. The molecule has 3 aromatic rings. The number of nitrogens with two attached hydrogens (primary N) is 1. The smallest absolute Gasteiger partial charge is 0.130 e. The molecule has 25 heavy (non-hydrogen) atoms. The molecule has 4 N–H and O–H groups in total. The van der Waals surface area contributed by atoms with Crippen molar-refractivity contribution in [3.63, 3.8) is 0 Å². The first-order valence-electron chi connectivity index (χ1n) is 7.69. The number of aromatic nitrogens is 2. The first-order chi connectivity index (χ1) is 12.2. The molecule has 6 heteroatoms. The standard InChI is InChI=1S/C19H18N4O2/c20-10-9-19(21)14-1-3-17(4-2-14)25-18-7-5-16(6-8-18)24-12-15-11-22-13-23-15/h1-11,13,20H,12,21H2,(H,22,23)/b19-9-,20-10?. The fraction of sp³-hybridized carbons (Fsp3) is 0.0526. The Labute approximate surface area is 145 Å². The highest BCUT2D eigenvalue weighted by Crippen LogP contribution is 2.25. The zero-order valence-corrected chi connectivity index (χ0v) is 13.5. The van der Waals surface area contributed by atoms with E-state index in [1.165, 1.54) is 6.08 Å². The highest BCUT2D eigenvalue weighted by molar-refractivity contribution is 5.81. The quantitative estimate of drug-likeness (QED) is 0.573. The van der Waals surface area contributed by atoms with Gasteiger partial charge in [-0.2, -0.15) is 0 Å². The van der Waals surface area contributed by atoms with Crippen molar-refractivity contribution in [2.45, 2.75) is 6.61 Å². The molecule has 0 fully saturated rings. The van der Waals surface area contributed by atoms with Crippen molar-refractivity contribution in [1.29, 1.82) is 5.41 Å². The van der Waals surface area contributed by atoms with Crippen LogP contribution in [0.5, 0.6) is 17.2 Å². The minimum absolute atomic E-state index is 0.437. The molecular formula is C19H18N4O2. The predicted octanol–water partition coefficient (Wildman–Crippen LogP) is 3.73. The summed E-state index contributed by atoms with van der Waals surface area (Å²) in [5.74, 6) is 2.17. The van der Waals surface area contributed by atoms with E-state index in [0.29, 0.717) is 23.8 Å². The molecule has 1 aromatic heterocycles. The second kappa shape index (κ2) is 7.83. The molecule has 0 aliphatic carbocycles. The van der Waals surface area contributed by atoms with Gasteiger partial charge in [0, 0.05) is 11.9 Å².